The Bertz CT molecular complexity index is 1560. The second kappa shape index (κ2) is 11.4. The molecule has 4 aromatic rings. The summed E-state index contributed by atoms with van der Waals surface area (Å²) in [7, 11) is 0. The van der Waals surface area contributed by atoms with Crippen molar-refractivity contribution in [2.45, 2.75) is 25.1 Å². The van der Waals surface area contributed by atoms with Gasteiger partial charge in [-0.05, 0) is 73.5 Å². The Hall–Kier alpha value is -4.42. The third kappa shape index (κ3) is 6.96. The van der Waals surface area contributed by atoms with E-state index in [0.717, 1.165) is 31.0 Å². The molecule has 40 heavy (non-hydrogen) atoms. The van der Waals surface area contributed by atoms with Crippen molar-refractivity contribution in [1.82, 2.24) is 15.3 Å². The van der Waals surface area contributed by atoms with Crippen LogP contribution in [-0.4, -0.2) is 34.5 Å². The van der Waals surface area contributed by atoms with Gasteiger partial charge in [-0.25, -0.2) is 14.8 Å². The zero-order valence-corrected chi connectivity index (χ0v) is 21.5. The average Bonchev–Trinajstić information content (AvgIpc) is 3.73. The molecule has 0 unspecified atom stereocenters. The minimum absolute atomic E-state index is 0.110. The fourth-order valence-corrected chi connectivity index (χ4v) is 4.14. The summed E-state index contributed by atoms with van der Waals surface area (Å²) in [6, 6.07) is 14.8. The van der Waals surface area contributed by atoms with E-state index in [9.17, 15) is 22.8 Å². The highest BCUT2D eigenvalue weighted by molar-refractivity contribution is 6.31. The second-order valence-electron chi connectivity index (χ2n) is 9.13. The number of hydrogen-bond acceptors (Lipinski definition) is 6. The average molecular weight is 570 g/mol. The molecule has 0 aliphatic heterocycles. The number of alkyl halides is 3. The molecule has 1 aliphatic rings. The molecule has 13 heteroatoms. The molecular formula is C27H23ClF3N7O2. The van der Waals surface area contributed by atoms with E-state index >= 15 is 0 Å². The molecule has 0 saturated heterocycles. The fraction of sp³-hybridized carbons (Fsp3) is 0.185. The summed E-state index contributed by atoms with van der Waals surface area (Å²) < 4.78 is 38.6. The maximum absolute atomic E-state index is 12.9. The van der Waals surface area contributed by atoms with E-state index < -0.39 is 22.8 Å². The number of aromatic nitrogens is 2. The van der Waals surface area contributed by atoms with Crippen LogP contribution in [0.25, 0.3) is 10.9 Å². The quantitative estimate of drug-likeness (QED) is 0.168. The van der Waals surface area contributed by atoms with Gasteiger partial charge in [0.05, 0.1) is 22.6 Å². The molecule has 3 amide bonds. The molecule has 0 radical (unpaired) electrons. The predicted octanol–water partition coefficient (Wildman–Crippen LogP) is 6.38. The smallest absolute Gasteiger partial charge is 0.340 e. The molecule has 1 aliphatic carbocycles. The van der Waals surface area contributed by atoms with Crippen molar-refractivity contribution >= 4 is 63.0 Å². The summed E-state index contributed by atoms with van der Waals surface area (Å²) >= 11 is 5.71. The van der Waals surface area contributed by atoms with E-state index in [-0.39, 0.29) is 18.1 Å². The summed E-state index contributed by atoms with van der Waals surface area (Å²) in [5.41, 5.74) is 1.54. The summed E-state index contributed by atoms with van der Waals surface area (Å²) in [6.45, 7) is 0.246. The number of hydrogen-bond donors (Lipinski definition) is 5. The lowest BCUT2D eigenvalue weighted by atomic mass is 10.2. The first-order chi connectivity index (χ1) is 19.1. The van der Waals surface area contributed by atoms with Crippen molar-refractivity contribution in [3.05, 3.63) is 77.6 Å². The molecule has 5 rings (SSSR count). The summed E-state index contributed by atoms with van der Waals surface area (Å²) in [4.78, 5) is 33.2. The number of urea groups is 1. The number of carbonyl (C=O) groups is 2. The molecule has 1 fully saturated rings. The lowest BCUT2D eigenvalue weighted by Crippen LogP contribution is -2.29. The van der Waals surface area contributed by atoms with Crippen LogP contribution in [0.5, 0.6) is 0 Å². The standard InChI is InChI=1S/C27H23ClF3N7O2/c28-22-12-19(7-9-21(22)27(29,30)31)38-26(40)37-17-5-3-16(4-6-17)36-25-20-11-18(8-10-23(20)33-14-34-25)35-24(39)13-32-15-1-2-15/h3-12,14-15,32H,1-2,13H2,(H,35,39)(H,33,34,36)(H2,37,38,40). The number of halogens is 4. The minimum atomic E-state index is -4.59. The Morgan fingerprint density at radius 1 is 0.850 bits per heavy atom. The molecule has 9 nitrogen and oxygen atoms in total. The zero-order valence-electron chi connectivity index (χ0n) is 20.8. The van der Waals surface area contributed by atoms with E-state index in [1.165, 1.54) is 6.33 Å². The topological polar surface area (TPSA) is 120 Å². The molecule has 0 spiro atoms. The van der Waals surface area contributed by atoms with Crippen LogP contribution in [0.15, 0.2) is 67.0 Å². The lowest BCUT2D eigenvalue weighted by Gasteiger charge is -2.13. The van der Waals surface area contributed by atoms with Gasteiger partial charge in [0.25, 0.3) is 0 Å². The number of carbonyl (C=O) groups excluding carboxylic acids is 2. The van der Waals surface area contributed by atoms with Gasteiger partial charge < -0.3 is 26.6 Å². The Morgan fingerprint density at radius 3 is 2.20 bits per heavy atom. The van der Waals surface area contributed by atoms with Gasteiger partial charge in [-0.15, -0.1) is 0 Å². The Balaban J connectivity index is 1.21. The van der Waals surface area contributed by atoms with Gasteiger partial charge in [0.1, 0.15) is 12.1 Å². The largest absolute Gasteiger partial charge is 0.417 e. The van der Waals surface area contributed by atoms with Crippen molar-refractivity contribution < 1.29 is 22.8 Å². The number of nitrogens with one attached hydrogen (secondary N) is 5. The molecule has 206 valence electrons. The van der Waals surface area contributed by atoms with Crippen LogP contribution in [0.1, 0.15) is 18.4 Å². The first kappa shape index (κ1) is 27.2. The Morgan fingerprint density at radius 2 is 1.50 bits per heavy atom. The summed E-state index contributed by atoms with van der Waals surface area (Å²) in [5.74, 6) is 0.390. The van der Waals surface area contributed by atoms with Crippen LogP contribution >= 0.6 is 11.6 Å². The Labute approximate surface area is 231 Å². The monoisotopic (exact) mass is 569 g/mol. The fourth-order valence-electron chi connectivity index (χ4n) is 3.85. The summed E-state index contributed by atoms with van der Waals surface area (Å²) in [5, 5.41) is 14.5. The number of nitrogens with zero attached hydrogens (tertiary/aromatic N) is 2. The number of rotatable bonds is 8. The van der Waals surface area contributed by atoms with Gasteiger partial charge in [-0.1, -0.05) is 11.6 Å². The van der Waals surface area contributed by atoms with E-state index in [1.807, 2.05) is 0 Å². The molecular weight excluding hydrogens is 547 g/mol. The lowest BCUT2D eigenvalue weighted by molar-refractivity contribution is -0.137. The van der Waals surface area contributed by atoms with E-state index in [0.29, 0.717) is 39.8 Å². The van der Waals surface area contributed by atoms with Gasteiger partial charge in [-0.3, -0.25) is 4.79 Å². The molecule has 3 aromatic carbocycles. The van der Waals surface area contributed by atoms with Crippen LogP contribution in [0.4, 0.5) is 46.5 Å². The maximum atomic E-state index is 12.9. The SMILES string of the molecule is O=C(CNC1CC1)Nc1ccc2ncnc(Nc3ccc(NC(=O)Nc4ccc(C(F)(F)F)c(Cl)c4)cc3)c2c1. The van der Waals surface area contributed by atoms with E-state index in [4.69, 9.17) is 11.6 Å². The maximum Gasteiger partial charge on any atom is 0.417 e. The normalized spacial score (nSPS) is 13.1. The van der Waals surface area contributed by atoms with E-state index in [2.05, 4.69) is 36.6 Å². The molecule has 1 saturated carbocycles. The van der Waals surface area contributed by atoms with Crippen LogP contribution in [0.3, 0.4) is 0 Å². The predicted molar refractivity (Wildman–Crippen MR) is 148 cm³/mol. The van der Waals surface area contributed by atoms with Gasteiger partial charge in [0, 0.05) is 34.2 Å². The molecule has 1 heterocycles. The van der Waals surface area contributed by atoms with Gasteiger partial charge in [-0.2, -0.15) is 13.2 Å². The third-order valence-corrected chi connectivity index (χ3v) is 6.30. The number of amides is 3. The highest BCUT2D eigenvalue weighted by Gasteiger charge is 2.33. The van der Waals surface area contributed by atoms with Crippen molar-refractivity contribution in [2.24, 2.45) is 0 Å². The molecule has 5 N–H and O–H groups in total. The minimum Gasteiger partial charge on any atom is -0.340 e. The Kier molecular flexibility index (Phi) is 7.71. The molecule has 0 bridgehead atoms. The van der Waals surface area contributed by atoms with Gasteiger partial charge in [0.15, 0.2) is 0 Å². The zero-order chi connectivity index (χ0) is 28.3. The van der Waals surface area contributed by atoms with Crippen LogP contribution in [-0.2, 0) is 11.0 Å². The van der Waals surface area contributed by atoms with Crippen molar-refractivity contribution in [3.8, 4) is 0 Å². The van der Waals surface area contributed by atoms with Gasteiger partial charge >= 0.3 is 12.2 Å². The van der Waals surface area contributed by atoms with Crippen molar-refractivity contribution in [3.63, 3.8) is 0 Å². The highest BCUT2D eigenvalue weighted by atomic mass is 35.5. The highest BCUT2D eigenvalue weighted by Crippen LogP contribution is 2.36. The van der Waals surface area contributed by atoms with Crippen molar-refractivity contribution in [2.75, 3.05) is 27.8 Å². The number of fused-ring (bicyclic) bond motifs is 1. The van der Waals surface area contributed by atoms with E-state index in [1.54, 1.807) is 42.5 Å². The van der Waals surface area contributed by atoms with Crippen molar-refractivity contribution in [1.29, 1.82) is 0 Å². The first-order valence-electron chi connectivity index (χ1n) is 12.2. The molecule has 0 atom stereocenters. The van der Waals surface area contributed by atoms with Crippen LogP contribution in [0, 0.1) is 0 Å². The van der Waals surface area contributed by atoms with Gasteiger partial charge in [0.2, 0.25) is 5.91 Å². The third-order valence-electron chi connectivity index (χ3n) is 5.99. The van der Waals surface area contributed by atoms with Crippen LogP contribution < -0.4 is 26.6 Å². The second-order valence-corrected chi connectivity index (χ2v) is 9.54. The summed E-state index contributed by atoms with van der Waals surface area (Å²) in [6.07, 6.45) is -0.969. The number of benzene rings is 3. The first-order valence-corrected chi connectivity index (χ1v) is 12.6. The number of anilines is 5. The van der Waals surface area contributed by atoms with Crippen LogP contribution in [0.2, 0.25) is 5.02 Å². The molecule has 1 aromatic heterocycles.